The van der Waals surface area contributed by atoms with Gasteiger partial charge in [-0.25, -0.2) is 0 Å². The van der Waals surface area contributed by atoms with Gasteiger partial charge in [0.25, 0.3) is 0 Å². The number of hydrogen-bond donors (Lipinski definition) is 2. The highest BCUT2D eigenvalue weighted by molar-refractivity contribution is 5.89. The van der Waals surface area contributed by atoms with Crippen LogP contribution in [-0.2, 0) is 10.2 Å². The number of carbonyl (C=O) groups excluding carboxylic acids is 1. The van der Waals surface area contributed by atoms with Gasteiger partial charge in [0.2, 0.25) is 5.91 Å². The van der Waals surface area contributed by atoms with Gasteiger partial charge in [-0.05, 0) is 37.8 Å². The number of nitrogens with two attached hydrogens (primary N) is 1. The van der Waals surface area contributed by atoms with Crippen LogP contribution in [0.1, 0.15) is 50.2 Å². The number of rotatable bonds is 4. The van der Waals surface area contributed by atoms with Gasteiger partial charge < -0.3 is 11.1 Å². The van der Waals surface area contributed by atoms with Crippen molar-refractivity contribution in [2.45, 2.75) is 57.4 Å². The molecule has 118 valence electrons. The van der Waals surface area contributed by atoms with Crippen LogP contribution in [0.4, 0.5) is 0 Å². The third-order valence-electron chi connectivity index (χ3n) is 4.53. The molecule has 0 aliphatic heterocycles. The molecule has 21 heavy (non-hydrogen) atoms. The Hall–Kier alpha value is -1.06. The first-order chi connectivity index (χ1) is 9.60. The van der Waals surface area contributed by atoms with E-state index < -0.39 is 0 Å². The highest BCUT2D eigenvalue weighted by Crippen LogP contribution is 2.41. The van der Waals surface area contributed by atoms with E-state index in [9.17, 15) is 4.79 Å². The van der Waals surface area contributed by atoms with Crippen LogP contribution in [-0.4, -0.2) is 18.5 Å². The lowest BCUT2D eigenvalue weighted by Gasteiger charge is -2.38. The van der Waals surface area contributed by atoms with Gasteiger partial charge in [0.1, 0.15) is 0 Å². The van der Waals surface area contributed by atoms with Crippen LogP contribution in [0.5, 0.6) is 0 Å². The van der Waals surface area contributed by atoms with E-state index in [1.165, 1.54) is 17.5 Å². The Morgan fingerprint density at radius 2 is 1.90 bits per heavy atom. The molecule has 0 bridgehead atoms. The zero-order valence-corrected chi connectivity index (χ0v) is 13.8. The molecule has 0 radical (unpaired) electrons. The van der Waals surface area contributed by atoms with Crippen molar-refractivity contribution in [3.63, 3.8) is 0 Å². The van der Waals surface area contributed by atoms with Crippen LogP contribution in [0.2, 0.25) is 0 Å². The third kappa shape index (κ3) is 3.78. The summed E-state index contributed by atoms with van der Waals surface area (Å²) in [6.07, 6.45) is 5.37. The van der Waals surface area contributed by atoms with Gasteiger partial charge in [0.15, 0.2) is 0 Å². The molecule has 1 fully saturated rings. The van der Waals surface area contributed by atoms with Crippen molar-refractivity contribution in [3.05, 3.63) is 35.4 Å². The molecule has 3 nitrogen and oxygen atoms in total. The van der Waals surface area contributed by atoms with Crippen LogP contribution < -0.4 is 11.1 Å². The van der Waals surface area contributed by atoms with Gasteiger partial charge in [0.05, 0.1) is 5.41 Å². The van der Waals surface area contributed by atoms with E-state index in [1.54, 1.807) is 0 Å². The molecule has 2 rings (SSSR count). The van der Waals surface area contributed by atoms with Crippen LogP contribution in [0.15, 0.2) is 24.3 Å². The summed E-state index contributed by atoms with van der Waals surface area (Å²) in [7, 11) is 0. The fourth-order valence-electron chi connectivity index (χ4n) is 3.30. The quantitative estimate of drug-likeness (QED) is 0.898. The molecular formula is C17H27ClN2O. The molecule has 0 unspecified atom stereocenters. The van der Waals surface area contributed by atoms with Crippen LogP contribution in [0.3, 0.4) is 0 Å². The summed E-state index contributed by atoms with van der Waals surface area (Å²) in [6.45, 7) is 4.55. The molecule has 0 saturated heterocycles. The lowest BCUT2D eigenvalue weighted by molar-refractivity contribution is -0.128. The van der Waals surface area contributed by atoms with Crippen LogP contribution in [0, 0.1) is 6.92 Å². The number of nitrogens with one attached hydrogen (secondary N) is 1. The van der Waals surface area contributed by atoms with E-state index in [0.29, 0.717) is 6.54 Å². The molecular weight excluding hydrogens is 284 g/mol. The number of benzene rings is 1. The normalized spacial score (nSPS) is 18.4. The maximum Gasteiger partial charge on any atom is 0.230 e. The van der Waals surface area contributed by atoms with Crippen molar-refractivity contribution in [1.82, 2.24) is 5.32 Å². The maximum absolute atomic E-state index is 12.9. The SMILES string of the molecule is Cc1ccccc1C1(C(=O)N[C@@H](C)CN)CCCCC1.Cl. The summed E-state index contributed by atoms with van der Waals surface area (Å²) in [5.41, 5.74) is 7.70. The molecule has 1 aliphatic carbocycles. The average Bonchev–Trinajstić information content (AvgIpc) is 2.48. The summed E-state index contributed by atoms with van der Waals surface area (Å²) >= 11 is 0. The van der Waals surface area contributed by atoms with E-state index >= 15 is 0 Å². The van der Waals surface area contributed by atoms with Crippen LogP contribution in [0.25, 0.3) is 0 Å². The number of amides is 1. The zero-order chi connectivity index (χ0) is 14.6. The van der Waals surface area contributed by atoms with Gasteiger partial charge >= 0.3 is 0 Å². The highest BCUT2D eigenvalue weighted by atomic mass is 35.5. The minimum Gasteiger partial charge on any atom is -0.352 e. The summed E-state index contributed by atoms with van der Waals surface area (Å²) < 4.78 is 0. The molecule has 1 atom stereocenters. The molecule has 0 aromatic heterocycles. The predicted molar refractivity (Wildman–Crippen MR) is 89.8 cm³/mol. The zero-order valence-electron chi connectivity index (χ0n) is 13.0. The Morgan fingerprint density at radius 1 is 1.29 bits per heavy atom. The van der Waals surface area contributed by atoms with Crippen molar-refractivity contribution in [1.29, 1.82) is 0 Å². The monoisotopic (exact) mass is 310 g/mol. The molecule has 1 aromatic rings. The Labute approximate surface area is 134 Å². The van der Waals surface area contributed by atoms with E-state index in [-0.39, 0.29) is 29.8 Å². The molecule has 1 aliphatic rings. The van der Waals surface area contributed by atoms with Crippen molar-refractivity contribution in [2.75, 3.05) is 6.54 Å². The molecule has 3 N–H and O–H groups in total. The van der Waals surface area contributed by atoms with Crippen molar-refractivity contribution < 1.29 is 4.79 Å². The van der Waals surface area contributed by atoms with Crippen molar-refractivity contribution in [2.24, 2.45) is 5.73 Å². The molecule has 1 aromatic carbocycles. The minimum atomic E-state index is -0.354. The standard InChI is InChI=1S/C17H26N2O.ClH/c1-13-8-4-5-9-15(13)17(10-6-3-7-11-17)16(20)19-14(2)12-18;/h4-5,8-9,14H,3,6-7,10-12,18H2,1-2H3,(H,19,20);1H/t14-;/m0./s1. The summed E-state index contributed by atoms with van der Waals surface area (Å²) in [5.74, 6) is 0.157. The first-order valence-corrected chi connectivity index (χ1v) is 7.67. The van der Waals surface area contributed by atoms with E-state index in [1.807, 2.05) is 19.1 Å². The predicted octanol–water partition coefficient (Wildman–Crippen LogP) is 3.08. The Kier molecular flexibility index (Phi) is 6.69. The first-order valence-electron chi connectivity index (χ1n) is 7.67. The number of aryl methyl sites for hydroxylation is 1. The number of hydrogen-bond acceptors (Lipinski definition) is 2. The van der Waals surface area contributed by atoms with Gasteiger partial charge in [-0.1, -0.05) is 43.5 Å². The molecule has 0 spiro atoms. The topological polar surface area (TPSA) is 55.1 Å². The number of halogens is 1. The van der Waals surface area contributed by atoms with Crippen molar-refractivity contribution in [3.8, 4) is 0 Å². The van der Waals surface area contributed by atoms with Crippen molar-refractivity contribution >= 4 is 18.3 Å². The van der Waals surface area contributed by atoms with E-state index in [2.05, 4.69) is 24.4 Å². The maximum atomic E-state index is 12.9. The second-order valence-electron chi connectivity index (χ2n) is 6.07. The van der Waals surface area contributed by atoms with Gasteiger partial charge in [0, 0.05) is 12.6 Å². The first kappa shape index (κ1) is 18.0. The van der Waals surface area contributed by atoms with Gasteiger partial charge in [-0.3, -0.25) is 4.79 Å². The molecule has 0 heterocycles. The second-order valence-corrected chi connectivity index (χ2v) is 6.07. The lowest BCUT2D eigenvalue weighted by atomic mass is 9.67. The Morgan fingerprint density at radius 3 is 2.48 bits per heavy atom. The largest absolute Gasteiger partial charge is 0.352 e. The van der Waals surface area contributed by atoms with E-state index in [0.717, 1.165) is 25.7 Å². The van der Waals surface area contributed by atoms with Gasteiger partial charge in [-0.15, -0.1) is 12.4 Å². The highest BCUT2D eigenvalue weighted by Gasteiger charge is 2.42. The summed E-state index contributed by atoms with van der Waals surface area (Å²) in [4.78, 5) is 12.9. The second kappa shape index (κ2) is 7.81. The third-order valence-corrected chi connectivity index (χ3v) is 4.53. The Balaban J connectivity index is 0.00000220. The summed E-state index contributed by atoms with van der Waals surface area (Å²) in [5, 5.41) is 3.10. The molecule has 1 saturated carbocycles. The van der Waals surface area contributed by atoms with Crippen LogP contribution >= 0.6 is 12.4 Å². The molecule has 4 heteroatoms. The smallest absolute Gasteiger partial charge is 0.230 e. The fourth-order valence-corrected chi connectivity index (χ4v) is 3.30. The molecule has 1 amide bonds. The fraction of sp³-hybridized carbons (Fsp3) is 0.588. The lowest BCUT2D eigenvalue weighted by Crippen LogP contribution is -2.50. The average molecular weight is 311 g/mol. The number of carbonyl (C=O) groups is 1. The summed E-state index contributed by atoms with van der Waals surface area (Å²) in [6, 6.07) is 8.33. The van der Waals surface area contributed by atoms with E-state index in [4.69, 9.17) is 5.73 Å². The van der Waals surface area contributed by atoms with Gasteiger partial charge in [-0.2, -0.15) is 0 Å². The Bertz CT molecular complexity index is 470. The minimum absolute atomic E-state index is 0.